The minimum Gasteiger partial charge on any atom is -0.320 e. The SMILES string of the molecule is CCCC(C)CCNC. The van der Waals surface area contributed by atoms with Gasteiger partial charge in [-0.15, -0.1) is 0 Å². The largest absolute Gasteiger partial charge is 0.320 e. The molecule has 0 bridgehead atoms. The van der Waals surface area contributed by atoms with Gasteiger partial charge in [0.25, 0.3) is 0 Å². The summed E-state index contributed by atoms with van der Waals surface area (Å²) in [6, 6.07) is 0. The summed E-state index contributed by atoms with van der Waals surface area (Å²) >= 11 is 0. The molecule has 56 valence electrons. The Morgan fingerprint density at radius 3 is 2.44 bits per heavy atom. The lowest BCUT2D eigenvalue weighted by Gasteiger charge is -2.07. The number of rotatable bonds is 5. The van der Waals surface area contributed by atoms with Crippen molar-refractivity contribution in [2.24, 2.45) is 5.92 Å². The van der Waals surface area contributed by atoms with Crippen molar-refractivity contribution in [2.45, 2.75) is 33.1 Å². The maximum absolute atomic E-state index is 3.16. The fourth-order valence-corrected chi connectivity index (χ4v) is 1.03. The van der Waals surface area contributed by atoms with Crippen molar-refractivity contribution in [1.29, 1.82) is 0 Å². The number of nitrogens with one attached hydrogen (secondary N) is 1. The molecule has 0 fully saturated rings. The molecule has 0 aromatic rings. The topological polar surface area (TPSA) is 12.0 Å². The summed E-state index contributed by atoms with van der Waals surface area (Å²) in [5, 5.41) is 3.16. The average molecular weight is 129 g/mol. The van der Waals surface area contributed by atoms with Gasteiger partial charge in [-0.3, -0.25) is 0 Å². The van der Waals surface area contributed by atoms with Gasteiger partial charge in [-0.25, -0.2) is 0 Å². The zero-order valence-corrected chi connectivity index (χ0v) is 6.91. The lowest BCUT2D eigenvalue weighted by Crippen LogP contribution is -2.11. The van der Waals surface area contributed by atoms with Crippen molar-refractivity contribution in [2.75, 3.05) is 13.6 Å². The fraction of sp³-hybridized carbons (Fsp3) is 1.00. The molecule has 0 aliphatic rings. The van der Waals surface area contributed by atoms with Crippen molar-refractivity contribution in [1.82, 2.24) is 5.32 Å². The van der Waals surface area contributed by atoms with Crippen molar-refractivity contribution >= 4 is 0 Å². The van der Waals surface area contributed by atoms with Gasteiger partial charge in [-0.1, -0.05) is 26.7 Å². The molecule has 1 N–H and O–H groups in total. The van der Waals surface area contributed by atoms with E-state index in [1.165, 1.54) is 25.8 Å². The van der Waals surface area contributed by atoms with Crippen LogP contribution < -0.4 is 5.32 Å². The Labute approximate surface area is 58.8 Å². The standard InChI is InChI=1S/C8H19N/c1-4-5-8(2)6-7-9-3/h8-9H,4-7H2,1-3H3. The molecule has 9 heavy (non-hydrogen) atoms. The fourth-order valence-electron chi connectivity index (χ4n) is 1.03. The summed E-state index contributed by atoms with van der Waals surface area (Å²) in [4.78, 5) is 0. The molecule has 0 aromatic heterocycles. The summed E-state index contributed by atoms with van der Waals surface area (Å²) < 4.78 is 0. The molecule has 1 atom stereocenters. The van der Waals surface area contributed by atoms with Crippen molar-refractivity contribution in [3.05, 3.63) is 0 Å². The Morgan fingerprint density at radius 1 is 1.33 bits per heavy atom. The molecular formula is C8H19N. The van der Waals surface area contributed by atoms with Gasteiger partial charge in [0, 0.05) is 0 Å². The first-order valence-corrected chi connectivity index (χ1v) is 3.95. The van der Waals surface area contributed by atoms with E-state index in [9.17, 15) is 0 Å². The molecule has 0 aliphatic carbocycles. The van der Waals surface area contributed by atoms with E-state index in [2.05, 4.69) is 19.2 Å². The summed E-state index contributed by atoms with van der Waals surface area (Å²) in [6.07, 6.45) is 4.02. The average Bonchev–Trinajstić information content (AvgIpc) is 1.85. The Balaban J connectivity index is 2.95. The summed E-state index contributed by atoms with van der Waals surface area (Å²) in [5.41, 5.74) is 0. The monoisotopic (exact) mass is 129 g/mol. The highest BCUT2D eigenvalue weighted by Crippen LogP contribution is 2.07. The quantitative estimate of drug-likeness (QED) is 0.599. The maximum atomic E-state index is 3.16. The van der Waals surface area contributed by atoms with Crippen molar-refractivity contribution in [3.8, 4) is 0 Å². The summed E-state index contributed by atoms with van der Waals surface area (Å²) in [5.74, 6) is 0.905. The predicted molar refractivity (Wildman–Crippen MR) is 42.6 cm³/mol. The number of hydrogen-bond acceptors (Lipinski definition) is 1. The van der Waals surface area contributed by atoms with E-state index in [1.54, 1.807) is 0 Å². The molecular weight excluding hydrogens is 110 g/mol. The normalized spacial score (nSPS) is 13.7. The van der Waals surface area contributed by atoms with Gasteiger partial charge in [0.1, 0.15) is 0 Å². The highest BCUT2D eigenvalue weighted by molar-refractivity contribution is 4.52. The third-order valence-corrected chi connectivity index (χ3v) is 1.67. The smallest absolute Gasteiger partial charge is 0.00494 e. The molecule has 1 nitrogen and oxygen atoms in total. The maximum Gasteiger partial charge on any atom is -0.00494 e. The molecule has 0 rings (SSSR count). The minimum atomic E-state index is 0.905. The molecule has 0 heterocycles. The Morgan fingerprint density at radius 2 is 2.00 bits per heavy atom. The molecule has 0 spiro atoms. The second-order valence-corrected chi connectivity index (χ2v) is 2.79. The molecule has 0 radical (unpaired) electrons. The van der Waals surface area contributed by atoms with Crippen LogP contribution in [-0.2, 0) is 0 Å². The first kappa shape index (κ1) is 8.96. The number of hydrogen-bond donors (Lipinski definition) is 1. The van der Waals surface area contributed by atoms with Gasteiger partial charge >= 0.3 is 0 Å². The van der Waals surface area contributed by atoms with E-state index in [1.807, 2.05) is 7.05 Å². The molecule has 0 aromatic carbocycles. The lowest BCUT2D eigenvalue weighted by molar-refractivity contribution is 0.476. The van der Waals surface area contributed by atoms with Crippen LogP contribution in [0.15, 0.2) is 0 Å². The van der Waals surface area contributed by atoms with Gasteiger partial charge in [0.05, 0.1) is 0 Å². The molecule has 0 aliphatic heterocycles. The predicted octanol–water partition coefficient (Wildman–Crippen LogP) is 2.03. The van der Waals surface area contributed by atoms with Gasteiger partial charge in [0.2, 0.25) is 0 Å². The zero-order valence-electron chi connectivity index (χ0n) is 6.91. The molecule has 0 saturated carbocycles. The Kier molecular flexibility index (Phi) is 6.06. The third-order valence-electron chi connectivity index (χ3n) is 1.67. The van der Waals surface area contributed by atoms with E-state index in [-0.39, 0.29) is 0 Å². The Hall–Kier alpha value is -0.0400. The van der Waals surface area contributed by atoms with Crippen LogP contribution in [0.5, 0.6) is 0 Å². The van der Waals surface area contributed by atoms with E-state index >= 15 is 0 Å². The van der Waals surface area contributed by atoms with E-state index < -0.39 is 0 Å². The van der Waals surface area contributed by atoms with Crippen LogP contribution in [0.4, 0.5) is 0 Å². The van der Waals surface area contributed by atoms with E-state index in [4.69, 9.17) is 0 Å². The van der Waals surface area contributed by atoms with Crippen LogP contribution in [0.1, 0.15) is 33.1 Å². The van der Waals surface area contributed by atoms with Crippen LogP contribution in [0.2, 0.25) is 0 Å². The molecule has 0 saturated heterocycles. The van der Waals surface area contributed by atoms with Crippen molar-refractivity contribution in [3.63, 3.8) is 0 Å². The third kappa shape index (κ3) is 5.84. The van der Waals surface area contributed by atoms with Crippen LogP contribution in [-0.4, -0.2) is 13.6 Å². The first-order chi connectivity index (χ1) is 4.31. The van der Waals surface area contributed by atoms with Crippen LogP contribution in [0.3, 0.4) is 0 Å². The van der Waals surface area contributed by atoms with Crippen LogP contribution >= 0.6 is 0 Å². The highest BCUT2D eigenvalue weighted by Gasteiger charge is 1.97. The van der Waals surface area contributed by atoms with E-state index in [0.29, 0.717) is 0 Å². The van der Waals surface area contributed by atoms with Gasteiger partial charge in [-0.2, -0.15) is 0 Å². The second-order valence-electron chi connectivity index (χ2n) is 2.79. The van der Waals surface area contributed by atoms with Crippen LogP contribution in [0.25, 0.3) is 0 Å². The minimum absolute atomic E-state index is 0.905. The van der Waals surface area contributed by atoms with Gasteiger partial charge < -0.3 is 5.32 Å². The first-order valence-electron chi connectivity index (χ1n) is 3.95. The van der Waals surface area contributed by atoms with Crippen molar-refractivity contribution < 1.29 is 0 Å². The van der Waals surface area contributed by atoms with Gasteiger partial charge in [0.15, 0.2) is 0 Å². The van der Waals surface area contributed by atoms with Crippen LogP contribution in [0, 0.1) is 5.92 Å². The summed E-state index contributed by atoms with van der Waals surface area (Å²) in [7, 11) is 2.01. The molecule has 0 amide bonds. The van der Waals surface area contributed by atoms with Gasteiger partial charge in [-0.05, 0) is 25.9 Å². The summed E-state index contributed by atoms with van der Waals surface area (Å²) in [6.45, 7) is 5.73. The second kappa shape index (κ2) is 6.09. The lowest BCUT2D eigenvalue weighted by atomic mass is 10.0. The highest BCUT2D eigenvalue weighted by atomic mass is 14.8. The van der Waals surface area contributed by atoms with E-state index in [0.717, 1.165) is 5.92 Å². The zero-order chi connectivity index (χ0) is 7.11. The Bertz CT molecular complexity index is 52.5. The molecule has 1 unspecified atom stereocenters. The molecule has 1 heteroatoms.